The van der Waals surface area contributed by atoms with Crippen molar-refractivity contribution in [3.8, 4) is 0 Å². The lowest BCUT2D eigenvalue weighted by molar-refractivity contribution is 0.152. The number of nitrogens with zero attached hydrogens (tertiary/aromatic N) is 4. The van der Waals surface area contributed by atoms with Crippen LogP contribution < -0.4 is 5.32 Å². The molecule has 1 aromatic heterocycles. The highest BCUT2D eigenvalue weighted by Gasteiger charge is 2.12. The monoisotopic (exact) mass is 265 g/mol. The Bertz CT molecular complexity index is 354. The molecule has 1 N–H and O–H groups in total. The Morgan fingerprint density at radius 3 is 2.79 bits per heavy atom. The topological polar surface area (TPSA) is 36.3 Å². The van der Waals surface area contributed by atoms with E-state index < -0.39 is 0 Å². The SMILES string of the molecule is CCn1ccnc1CNCCCN1CCN(C)CC1. The van der Waals surface area contributed by atoms with Gasteiger partial charge in [0, 0.05) is 45.1 Å². The lowest BCUT2D eigenvalue weighted by Gasteiger charge is -2.32. The summed E-state index contributed by atoms with van der Waals surface area (Å²) in [4.78, 5) is 9.33. The minimum absolute atomic E-state index is 0.879. The van der Waals surface area contributed by atoms with E-state index in [1.54, 1.807) is 0 Å². The number of imidazole rings is 1. The molecule has 0 bridgehead atoms. The third-order valence-electron chi connectivity index (χ3n) is 3.85. The molecule has 1 aromatic rings. The maximum Gasteiger partial charge on any atom is 0.122 e. The Labute approximate surface area is 116 Å². The van der Waals surface area contributed by atoms with Gasteiger partial charge in [-0.2, -0.15) is 0 Å². The fourth-order valence-corrected chi connectivity index (χ4v) is 2.49. The molecule has 1 fully saturated rings. The van der Waals surface area contributed by atoms with E-state index in [4.69, 9.17) is 0 Å². The highest BCUT2D eigenvalue weighted by molar-refractivity contribution is 4.91. The van der Waals surface area contributed by atoms with Gasteiger partial charge in [-0.1, -0.05) is 0 Å². The summed E-state index contributed by atoms with van der Waals surface area (Å²) < 4.78 is 2.19. The number of likely N-dealkylation sites (N-methyl/N-ethyl adjacent to an activating group) is 1. The molecule has 2 heterocycles. The van der Waals surface area contributed by atoms with Gasteiger partial charge in [-0.3, -0.25) is 0 Å². The Morgan fingerprint density at radius 1 is 1.26 bits per heavy atom. The molecule has 2 rings (SSSR count). The van der Waals surface area contributed by atoms with Gasteiger partial charge in [0.25, 0.3) is 0 Å². The maximum absolute atomic E-state index is 4.37. The van der Waals surface area contributed by atoms with Gasteiger partial charge in [0.15, 0.2) is 0 Å². The molecular weight excluding hydrogens is 238 g/mol. The van der Waals surface area contributed by atoms with Crippen molar-refractivity contribution in [2.75, 3.05) is 46.3 Å². The van der Waals surface area contributed by atoms with Crippen LogP contribution in [0.15, 0.2) is 12.4 Å². The normalized spacial score (nSPS) is 18.0. The van der Waals surface area contributed by atoms with Crippen LogP contribution in [0.5, 0.6) is 0 Å². The Hall–Kier alpha value is -0.910. The average Bonchev–Trinajstić information content (AvgIpc) is 2.88. The lowest BCUT2D eigenvalue weighted by atomic mass is 10.3. The molecule has 1 aliphatic rings. The van der Waals surface area contributed by atoms with E-state index >= 15 is 0 Å². The van der Waals surface area contributed by atoms with Gasteiger partial charge in [-0.25, -0.2) is 4.98 Å². The molecule has 5 nitrogen and oxygen atoms in total. The number of rotatable bonds is 7. The summed E-state index contributed by atoms with van der Waals surface area (Å²) in [6, 6.07) is 0. The number of hydrogen-bond acceptors (Lipinski definition) is 4. The molecule has 5 heteroatoms. The Kier molecular flexibility index (Phi) is 5.82. The number of aryl methyl sites for hydroxylation is 1. The van der Waals surface area contributed by atoms with Crippen molar-refractivity contribution >= 4 is 0 Å². The number of aromatic nitrogens is 2. The van der Waals surface area contributed by atoms with Gasteiger partial charge < -0.3 is 19.7 Å². The summed E-state index contributed by atoms with van der Waals surface area (Å²) in [5.41, 5.74) is 0. The van der Waals surface area contributed by atoms with Crippen LogP contribution in [0.1, 0.15) is 19.2 Å². The minimum atomic E-state index is 0.879. The van der Waals surface area contributed by atoms with Crippen LogP contribution in [0.2, 0.25) is 0 Å². The van der Waals surface area contributed by atoms with Crippen molar-refractivity contribution < 1.29 is 0 Å². The quantitative estimate of drug-likeness (QED) is 0.734. The highest BCUT2D eigenvalue weighted by atomic mass is 15.2. The van der Waals surface area contributed by atoms with Crippen LogP contribution >= 0.6 is 0 Å². The Morgan fingerprint density at radius 2 is 2.05 bits per heavy atom. The van der Waals surface area contributed by atoms with Gasteiger partial charge in [-0.05, 0) is 33.5 Å². The first-order chi connectivity index (χ1) is 9.29. The van der Waals surface area contributed by atoms with Crippen LogP contribution in [-0.2, 0) is 13.1 Å². The highest BCUT2D eigenvalue weighted by Crippen LogP contribution is 2.00. The van der Waals surface area contributed by atoms with Crippen LogP contribution in [0.3, 0.4) is 0 Å². The molecule has 0 saturated carbocycles. The van der Waals surface area contributed by atoms with E-state index in [1.165, 1.54) is 39.1 Å². The van der Waals surface area contributed by atoms with E-state index in [1.807, 2.05) is 12.4 Å². The molecule has 1 saturated heterocycles. The Balaban J connectivity index is 1.55. The molecule has 0 spiro atoms. The van der Waals surface area contributed by atoms with E-state index in [2.05, 4.69) is 38.6 Å². The minimum Gasteiger partial charge on any atom is -0.334 e. The summed E-state index contributed by atoms with van der Waals surface area (Å²) in [5.74, 6) is 1.14. The van der Waals surface area contributed by atoms with Crippen LogP contribution in [0.4, 0.5) is 0 Å². The molecule has 0 amide bonds. The molecule has 0 aromatic carbocycles. The first-order valence-corrected chi connectivity index (χ1v) is 7.41. The summed E-state index contributed by atoms with van der Waals surface area (Å²) in [5, 5.41) is 3.49. The predicted octanol–water partition coefficient (Wildman–Crippen LogP) is 0.630. The van der Waals surface area contributed by atoms with E-state index in [-0.39, 0.29) is 0 Å². The molecule has 1 aliphatic heterocycles. The average molecular weight is 265 g/mol. The summed E-state index contributed by atoms with van der Waals surface area (Å²) in [6.07, 6.45) is 5.14. The second kappa shape index (κ2) is 7.62. The zero-order valence-corrected chi connectivity index (χ0v) is 12.3. The van der Waals surface area contributed by atoms with Crippen molar-refractivity contribution in [2.24, 2.45) is 0 Å². The standard InChI is InChI=1S/C14H27N5/c1-3-19-8-6-16-14(19)13-15-5-4-7-18-11-9-17(2)10-12-18/h6,8,15H,3-5,7,9-13H2,1-2H3. The second-order valence-electron chi connectivity index (χ2n) is 5.30. The van der Waals surface area contributed by atoms with E-state index in [0.717, 1.165) is 25.5 Å². The molecule has 0 unspecified atom stereocenters. The molecule has 19 heavy (non-hydrogen) atoms. The molecule has 0 radical (unpaired) electrons. The van der Waals surface area contributed by atoms with E-state index in [0.29, 0.717) is 0 Å². The third-order valence-corrected chi connectivity index (χ3v) is 3.85. The zero-order chi connectivity index (χ0) is 13.5. The van der Waals surface area contributed by atoms with Gasteiger partial charge >= 0.3 is 0 Å². The molecule has 108 valence electrons. The van der Waals surface area contributed by atoms with E-state index in [9.17, 15) is 0 Å². The number of nitrogens with one attached hydrogen (secondary N) is 1. The van der Waals surface area contributed by atoms with Crippen LogP contribution in [0, 0.1) is 0 Å². The van der Waals surface area contributed by atoms with Gasteiger partial charge in [0.2, 0.25) is 0 Å². The fraction of sp³-hybridized carbons (Fsp3) is 0.786. The zero-order valence-electron chi connectivity index (χ0n) is 12.3. The molecule has 0 aliphatic carbocycles. The smallest absolute Gasteiger partial charge is 0.122 e. The fourth-order valence-electron chi connectivity index (χ4n) is 2.49. The van der Waals surface area contributed by atoms with Crippen LogP contribution in [0.25, 0.3) is 0 Å². The summed E-state index contributed by atoms with van der Waals surface area (Å²) >= 11 is 0. The van der Waals surface area contributed by atoms with Crippen molar-refractivity contribution in [3.63, 3.8) is 0 Å². The first kappa shape index (κ1) is 14.5. The lowest BCUT2D eigenvalue weighted by Crippen LogP contribution is -2.45. The van der Waals surface area contributed by atoms with Crippen molar-refractivity contribution in [2.45, 2.75) is 26.4 Å². The summed E-state index contributed by atoms with van der Waals surface area (Å²) in [7, 11) is 2.20. The van der Waals surface area contributed by atoms with Crippen LogP contribution in [-0.4, -0.2) is 65.7 Å². The molecular formula is C14H27N5. The van der Waals surface area contributed by atoms with Crippen molar-refractivity contribution in [3.05, 3.63) is 18.2 Å². The van der Waals surface area contributed by atoms with Crippen molar-refractivity contribution in [1.82, 2.24) is 24.7 Å². The largest absolute Gasteiger partial charge is 0.334 e. The van der Waals surface area contributed by atoms with Gasteiger partial charge in [0.1, 0.15) is 5.82 Å². The van der Waals surface area contributed by atoms with Crippen molar-refractivity contribution in [1.29, 1.82) is 0 Å². The summed E-state index contributed by atoms with van der Waals surface area (Å²) in [6.45, 7) is 11.2. The third kappa shape index (κ3) is 4.60. The molecule has 0 atom stereocenters. The number of piperazine rings is 1. The van der Waals surface area contributed by atoms with Gasteiger partial charge in [0.05, 0.1) is 6.54 Å². The second-order valence-corrected chi connectivity index (χ2v) is 5.30. The maximum atomic E-state index is 4.37. The number of hydrogen-bond donors (Lipinski definition) is 1. The first-order valence-electron chi connectivity index (χ1n) is 7.41. The predicted molar refractivity (Wildman–Crippen MR) is 78.2 cm³/mol. The van der Waals surface area contributed by atoms with Gasteiger partial charge in [-0.15, -0.1) is 0 Å².